The van der Waals surface area contributed by atoms with Gasteiger partial charge >= 0.3 is 0 Å². The fourth-order valence-corrected chi connectivity index (χ4v) is 7.03. The molecule has 2 aromatic carbocycles. The molecule has 2 aromatic rings. The monoisotopic (exact) mass is 577 g/mol. The van der Waals surface area contributed by atoms with Gasteiger partial charge in [-0.3, -0.25) is 19.2 Å². The van der Waals surface area contributed by atoms with Crippen LogP contribution in [-0.4, -0.2) is 35.6 Å². The first-order valence-corrected chi connectivity index (χ1v) is 13.7. The van der Waals surface area contributed by atoms with Crippen molar-refractivity contribution >= 4 is 52.3 Å². The molecule has 7 nitrogen and oxygen atoms in total. The Kier molecular flexibility index (Phi) is 6.28. The van der Waals surface area contributed by atoms with Crippen molar-refractivity contribution in [2.75, 3.05) is 12.0 Å². The fourth-order valence-electron chi connectivity index (χ4n) is 6.63. The smallest absolute Gasteiger partial charge is 0.238 e. The Morgan fingerprint density at radius 2 is 1.73 bits per heavy atom. The van der Waals surface area contributed by atoms with Crippen LogP contribution < -0.4 is 9.64 Å². The van der Waals surface area contributed by atoms with Crippen molar-refractivity contribution in [2.45, 2.75) is 32.6 Å². The summed E-state index contributed by atoms with van der Waals surface area (Å²) >= 11 is 12.7. The van der Waals surface area contributed by atoms with E-state index in [0.717, 1.165) is 11.1 Å². The van der Waals surface area contributed by atoms with E-state index in [0.29, 0.717) is 39.4 Å². The van der Waals surface area contributed by atoms with Crippen LogP contribution in [0.5, 0.6) is 11.5 Å². The van der Waals surface area contributed by atoms with Crippen molar-refractivity contribution in [3.05, 3.63) is 85.9 Å². The van der Waals surface area contributed by atoms with E-state index < -0.39 is 23.7 Å². The molecule has 1 fully saturated rings. The van der Waals surface area contributed by atoms with Gasteiger partial charge in [0, 0.05) is 27.7 Å². The summed E-state index contributed by atoms with van der Waals surface area (Å²) < 4.78 is 5.33. The van der Waals surface area contributed by atoms with E-state index in [9.17, 15) is 24.3 Å². The van der Waals surface area contributed by atoms with Gasteiger partial charge in [-0.05, 0) is 74.1 Å². The number of Topliss-reactive ketones (excluding diaryl/α,β-unsaturated/α-hetero) is 1. The van der Waals surface area contributed by atoms with E-state index in [4.69, 9.17) is 27.9 Å². The van der Waals surface area contributed by atoms with Crippen molar-refractivity contribution < 1.29 is 29.0 Å². The first-order valence-electron chi connectivity index (χ1n) is 12.9. The van der Waals surface area contributed by atoms with Gasteiger partial charge in [0.2, 0.25) is 11.8 Å². The molecule has 1 saturated heterocycles. The van der Waals surface area contributed by atoms with Crippen molar-refractivity contribution in [3.8, 4) is 11.5 Å². The minimum atomic E-state index is -0.714. The third-order valence-electron chi connectivity index (χ3n) is 8.58. The molecule has 9 heteroatoms. The SMILES string of the molecule is COc1cc(C2C3=CCC4C(=O)N(c5ccc(C)c(Cl)c5)C(=O)C4C3CC3=C2C(=O)C(C)=CC3=O)cc(Cl)c1O. The number of carbonyl (C=O) groups is 4. The lowest BCUT2D eigenvalue weighted by molar-refractivity contribution is -0.123. The summed E-state index contributed by atoms with van der Waals surface area (Å²) in [6, 6.07) is 8.23. The second-order valence-corrected chi connectivity index (χ2v) is 11.5. The fraction of sp³-hybridized carbons (Fsp3) is 0.290. The lowest BCUT2D eigenvalue weighted by Gasteiger charge is -2.42. The number of rotatable bonds is 3. The summed E-state index contributed by atoms with van der Waals surface area (Å²) in [7, 11) is 1.39. The number of aryl methyl sites for hydroxylation is 1. The lowest BCUT2D eigenvalue weighted by atomic mass is 9.59. The number of phenols is 1. The number of ketones is 2. The molecule has 2 amide bonds. The molecule has 0 radical (unpaired) electrons. The van der Waals surface area contributed by atoms with Crippen molar-refractivity contribution in [2.24, 2.45) is 17.8 Å². The van der Waals surface area contributed by atoms with Crippen LogP contribution >= 0.6 is 23.2 Å². The van der Waals surface area contributed by atoms with E-state index >= 15 is 0 Å². The van der Waals surface area contributed by atoms with Crippen LogP contribution in [0.4, 0.5) is 5.69 Å². The zero-order valence-electron chi connectivity index (χ0n) is 22.0. The topological polar surface area (TPSA) is 101 Å². The highest BCUT2D eigenvalue weighted by atomic mass is 35.5. The quantitative estimate of drug-likeness (QED) is 0.287. The average molecular weight is 578 g/mol. The summed E-state index contributed by atoms with van der Waals surface area (Å²) in [5, 5.41) is 10.9. The van der Waals surface area contributed by atoms with Crippen LogP contribution in [0.25, 0.3) is 0 Å². The van der Waals surface area contributed by atoms with Crippen LogP contribution in [0, 0.1) is 24.7 Å². The number of phenolic OH excluding ortho intramolecular Hbond substituents is 1. The van der Waals surface area contributed by atoms with Gasteiger partial charge in [-0.15, -0.1) is 0 Å². The second kappa shape index (κ2) is 9.46. The molecule has 0 aromatic heterocycles. The van der Waals surface area contributed by atoms with Crippen LogP contribution in [0.1, 0.15) is 36.8 Å². The Morgan fingerprint density at radius 3 is 2.42 bits per heavy atom. The van der Waals surface area contributed by atoms with E-state index in [2.05, 4.69) is 0 Å². The Balaban J connectivity index is 1.50. The highest BCUT2D eigenvalue weighted by Crippen LogP contribution is 2.56. The van der Waals surface area contributed by atoms with Crippen molar-refractivity contribution in [1.82, 2.24) is 0 Å². The number of carbonyl (C=O) groups excluding carboxylic acids is 4. The first-order chi connectivity index (χ1) is 19.0. The van der Waals surface area contributed by atoms with E-state index in [1.807, 2.05) is 13.0 Å². The maximum atomic E-state index is 14.0. The zero-order chi connectivity index (χ0) is 28.6. The predicted octanol–water partition coefficient (Wildman–Crippen LogP) is 5.65. The largest absolute Gasteiger partial charge is 0.503 e. The van der Waals surface area contributed by atoms with Crippen LogP contribution in [0.3, 0.4) is 0 Å². The number of ether oxygens (including phenoxy) is 1. The molecular weight excluding hydrogens is 553 g/mol. The van der Waals surface area contributed by atoms with Gasteiger partial charge in [-0.25, -0.2) is 4.90 Å². The van der Waals surface area contributed by atoms with Crippen LogP contribution in [-0.2, 0) is 19.2 Å². The van der Waals surface area contributed by atoms with Gasteiger partial charge in [0.05, 0.1) is 29.7 Å². The molecule has 0 bridgehead atoms. The molecule has 0 spiro atoms. The molecule has 4 unspecified atom stereocenters. The summed E-state index contributed by atoms with van der Waals surface area (Å²) in [5.41, 5.74) is 3.57. The van der Waals surface area contributed by atoms with Gasteiger partial charge in [0.15, 0.2) is 23.1 Å². The molecule has 4 atom stereocenters. The van der Waals surface area contributed by atoms with Gasteiger partial charge in [-0.2, -0.15) is 0 Å². The number of methoxy groups -OCH3 is 1. The number of benzene rings is 2. The summed E-state index contributed by atoms with van der Waals surface area (Å²) in [6.45, 7) is 3.44. The standard InChI is InChI=1S/C31H25Cl2NO6/c1-13-4-5-16(11-21(13)32)34-30(38)18-7-6-17-19(26(18)31(34)39)12-20-23(35)8-14(2)28(36)27(20)25(17)15-9-22(33)29(37)24(10-15)40-3/h4-6,8-11,18-19,25-26,37H,7,12H2,1-3H3. The van der Waals surface area contributed by atoms with Crippen molar-refractivity contribution in [3.63, 3.8) is 0 Å². The maximum absolute atomic E-state index is 14.0. The normalized spacial score (nSPS) is 25.9. The van der Waals surface area contributed by atoms with Crippen LogP contribution in [0.15, 0.2) is 64.8 Å². The minimum absolute atomic E-state index is 0.0318. The van der Waals surface area contributed by atoms with Gasteiger partial charge in [-0.1, -0.05) is 40.9 Å². The molecule has 1 N–H and O–H groups in total. The second-order valence-electron chi connectivity index (χ2n) is 10.7. The number of fused-ring (bicyclic) bond motifs is 3. The molecule has 40 heavy (non-hydrogen) atoms. The van der Waals surface area contributed by atoms with Gasteiger partial charge < -0.3 is 9.84 Å². The number of anilines is 1. The Hall–Kier alpha value is -3.68. The average Bonchev–Trinajstić information content (AvgIpc) is 3.19. The lowest BCUT2D eigenvalue weighted by Crippen LogP contribution is -2.39. The number of aromatic hydroxyl groups is 1. The number of halogens is 2. The Morgan fingerprint density at radius 1 is 0.975 bits per heavy atom. The third kappa shape index (κ3) is 3.79. The van der Waals surface area contributed by atoms with Gasteiger partial charge in [0.1, 0.15) is 0 Å². The van der Waals surface area contributed by atoms with E-state index in [-0.39, 0.29) is 46.3 Å². The third-order valence-corrected chi connectivity index (χ3v) is 9.28. The van der Waals surface area contributed by atoms with Crippen molar-refractivity contribution in [1.29, 1.82) is 0 Å². The molecule has 6 rings (SSSR count). The predicted molar refractivity (Wildman–Crippen MR) is 150 cm³/mol. The Labute approximate surface area is 240 Å². The highest BCUT2D eigenvalue weighted by Gasteiger charge is 2.56. The molecular formula is C31H25Cl2NO6. The number of nitrogens with zero attached hydrogens (tertiary/aromatic N) is 1. The van der Waals surface area contributed by atoms with Gasteiger partial charge in [0.25, 0.3) is 0 Å². The number of amides is 2. The zero-order valence-corrected chi connectivity index (χ0v) is 23.5. The number of allylic oxidation sites excluding steroid dienone is 6. The number of imide groups is 1. The number of hydrogen-bond donors (Lipinski definition) is 1. The highest BCUT2D eigenvalue weighted by molar-refractivity contribution is 6.33. The molecule has 204 valence electrons. The van der Waals surface area contributed by atoms with E-state index in [1.165, 1.54) is 18.1 Å². The number of hydrogen-bond acceptors (Lipinski definition) is 6. The minimum Gasteiger partial charge on any atom is -0.503 e. The first kappa shape index (κ1) is 26.5. The molecule has 1 aliphatic heterocycles. The molecule has 3 aliphatic carbocycles. The summed E-state index contributed by atoms with van der Waals surface area (Å²) in [4.78, 5) is 55.6. The molecule has 0 saturated carbocycles. The summed E-state index contributed by atoms with van der Waals surface area (Å²) in [5.74, 6) is -3.82. The summed E-state index contributed by atoms with van der Waals surface area (Å²) in [6.07, 6.45) is 3.73. The van der Waals surface area contributed by atoms with Crippen LogP contribution in [0.2, 0.25) is 10.0 Å². The Bertz CT molecular complexity index is 1650. The molecule has 1 heterocycles. The molecule has 4 aliphatic rings. The maximum Gasteiger partial charge on any atom is 0.238 e. The van der Waals surface area contributed by atoms with E-state index in [1.54, 1.807) is 37.3 Å².